The highest BCUT2D eigenvalue weighted by atomic mass is 35.5. The van der Waals surface area contributed by atoms with Gasteiger partial charge in [0.1, 0.15) is 0 Å². The number of nitrogens with one attached hydrogen (secondary N) is 1. The van der Waals surface area contributed by atoms with Crippen LogP contribution in [0.25, 0.3) is 0 Å². The molecule has 0 fully saturated rings. The average molecular weight is 275 g/mol. The van der Waals surface area contributed by atoms with E-state index < -0.39 is 10.0 Å². The lowest BCUT2D eigenvalue weighted by Crippen LogP contribution is -2.24. The van der Waals surface area contributed by atoms with Crippen molar-refractivity contribution in [3.63, 3.8) is 0 Å². The first-order valence-electron chi connectivity index (χ1n) is 5.07. The molecule has 0 saturated carbocycles. The zero-order valence-corrected chi connectivity index (χ0v) is 10.9. The van der Waals surface area contributed by atoms with Crippen LogP contribution in [-0.2, 0) is 16.4 Å². The van der Waals surface area contributed by atoms with E-state index in [1.165, 1.54) is 0 Å². The molecule has 1 rings (SSSR count). The van der Waals surface area contributed by atoms with Crippen LogP contribution in [-0.4, -0.2) is 21.5 Å². The van der Waals surface area contributed by atoms with E-state index in [4.69, 9.17) is 17.3 Å². The first kappa shape index (κ1) is 14.2. The molecule has 94 valence electrons. The topological polar surface area (TPSA) is 72.2 Å². The Hall–Kier alpha value is -0.880. The molecule has 0 atom stereocenters. The zero-order chi connectivity index (χ0) is 12.9. The highest BCUT2D eigenvalue weighted by Gasteiger charge is 2.13. The maximum Gasteiger partial charge on any atom is 0.240 e. The lowest BCUT2D eigenvalue weighted by atomic mass is 10.2. The quantitative estimate of drug-likeness (QED) is 0.819. The fraction of sp³-hybridized carbons (Fsp3) is 0.273. The maximum atomic E-state index is 11.8. The molecule has 0 aromatic heterocycles. The van der Waals surface area contributed by atoms with E-state index in [1.807, 2.05) is 0 Å². The van der Waals surface area contributed by atoms with Crippen molar-refractivity contribution < 1.29 is 8.42 Å². The molecule has 0 spiro atoms. The minimum Gasteiger partial charge on any atom is -0.330 e. The molecule has 3 N–H and O–H groups in total. The van der Waals surface area contributed by atoms with E-state index in [0.717, 1.165) is 12.0 Å². The molecule has 0 bridgehead atoms. The second-order valence-electron chi connectivity index (χ2n) is 3.52. The molecule has 0 aliphatic rings. The van der Waals surface area contributed by atoms with Crippen LogP contribution in [0.15, 0.2) is 40.8 Å². The summed E-state index contributed by atoms with van der Waals surface area (Å²) in [5.74, 6) is 0. The number of benzene rings is 1. The second-order valence-corrected chi connectivity index (χ2v) is 5.83. The predicted octanol–water partition coefficient (Wildman–Crippen LogP) is 1.22. The van der Waals surface area contributed by atoms with Gasteiger partial charge in [0.15, 0.2) is 0 Å². The van der Waals surface area contributed by atoms with Crippen LogP contribution >= 0.6 is 11.6 Å². The fourth-order valence-electron chi connectivity index (χ4n) is 1.26. The Kier molecular flexibility index (Phi) is 5.14. The SMILES string of the molecule is C=C(Cl)CNS(=O)(=O)c1ccc(CCN)cc1. The second kappa shape index (κ2) is 6.16. The van der Waals surface area contributed by atoms with E-state index in [-0.39, 0.29) is 16.5 Å². The van der Waals surface area contributed by atoms with E-state index in [1.54, 1.807) is 24.3 Å². The van der Waals surface area contributed by atoms with Gasteiger partial charge in [-0.1, -0.05) is 30.3 Å². The molecule has 0 aliphatic carbocycles. The summed E-state index contributed by atoms with van der Waals surface area (Å²) in [6, 6.07) is 6.59. The Morgan fingerprint density at radius 3 is 2.41 bits per heavy atom. The standard InChI is InChI=1S/C11H15ClN2O2S/c1-9(12)8-14-17(15,16)11-4-2-10(3-5-11)6-7-13/h2-5,14H,1,6-8,13H2. The van der Waals surface area contributed by atoms with Gasteiger partial charge in [0, 0.05) is 11.6 Å². The lowest BCUT2D eigenvalue weighted by Gasteiger charge is -2.06. The van der Waals surface area contributed by atoms with Gasteiger partial charge in [-0.25, -0.2) is 13.1 Å². The number of nitrogens with two attached hydrogens (primary N) is 1. The van der Waals surface area contributed by atoms with Crippen molar-refractivity contribution in [2.75, 3.05) is 13.1 Å². The first-order chi connectivity index (χ1) is 7.95. The third-order valence-corrected chi connectivity index (χ3v) is 3.67. The van der Waals surface area contributed by atoms with Gasteiger partial charge in [0.05, 0.1) is 4.90 Å². The number of rotatable bonds is 6. The van der Waals surface area contributed by atoms with Crippen molar-refractivity contribution in [2.24, 2.45) is 5.73 Å². The van der Waals surface area contributed by atoms with Gasteiger partial charge in [0.2, 0.25) is 10.0 Å². The summed E-state index contributed by atoms with van der Waals surface area (Å²) in [5.41, 5.74) is 6.42. The van der Waals surface area contributed by atoms with Gasteiger partial charge in [-0.05, 0) is 30.7 Å². The summed E-state index contributed by atoms with van der Waals surface area (Å²) in [7, 11) is -3.51. The highest BCUT2D eigenvalue weighted by Crippen LogP contribution is 2.11. The smallest absolute Gasteiger partial charge is 0.240 e. The van der Waals surface area contributed by atoms with Crippen molar-refractivity contribution in [3.05, 3.63) is 41.4 Å². The maximum absolute atomic E-state index is 11.8. The molecular formula is C11H15ClN2O2S. The number of halogens is 1. The van der Waals surface area contributed by atoms with Crippen LogP contribution in [0.5, 0.6) is 0 Å². The first-order valence-corrected chi connectivity index (χ1v) is 6.94. The summed E-state index contributed by atoms with van der Waals surface area (Å²) in [5, 5.41) is 0.244. The molecule has 17 heavy (non-hydrogen) atoms. The number of hydrogen-bond acceptors (Lipinski definition) is 3. The summed E-state index contributed by atoms with van der Waals surface area (Å²) in [6.07, 6.45) is 0.728. The van der Waals surface area contributed by atoms with Gasteiger partial charge in [-0.15, -0.1) is 0 Å². The Morgan fingerprint density at radius 2 is 1.94 bits per heavy atom. The largest absolute Gasteiger partial charge is 0.330 e. The normalized spacial score (nSPS) is 11.4. The molecule has 1 aromatic carbocycles. The summed E-state index contributed by atoms with van der Waals surface area (Å²) < 4.78 is 25.9. The molecule has 0 heterocycles. The van der Waals surface area contributed by atoms with Gasteiger partial charge >= 0.3 is 0 Å². The molecule has 6 heteroatoms. The van der Waals surface area contributed by atoms with Crippen LogP contribution in [0.4, 0.5) is 0 Å². The zero-order valence-electron chi connectivity index (χ0n) is 9.32. The third kappa shape index (κ3) is 4.47. The predicted molar refractivity (Wildman–Crippen MR) is 69.4 cm³/mol. The Bertz CT molecular complexity index is 483. The van der Waals surface area contributed by atoms with Crippen LogP contribution in [0.1, 0.15) is 5.56 Å². The molecular weight excluding hydrogens is 260 g/mol. The minimum absolute atomic E-state index is 0.0223. The van der Waals surface area contributed by atoms with Crippen molar-refractivity contribution in [1.82, 2.24) is 4.72 Å². The fourth-order valence-corrected chi connectivity index (χ4v) is 2.43. The van der Waals surface area contributed by atoms with E-state index in [2.05, 4.69) is 11.3 Å². The molecule has 1 aromatic rings. The van der Waals surface area contributed by atoms with Crippen molar-refractivity contribution >= 4 is 21.6 Å². The Balaban J connectivity index is 2.81. The number of sulfonamides is 1. The number of hydrogen-bond donors (Lipinski definition) is 2. The minimum atomic E-state index is -3.51. The Labute approximate surface area is 107 Å². The van der Waals surface area contributed by atoms with Gasteiger partial charge in [-0.3, -0.25) is 0 Å². The molecule has 0 aliphatic heterocycles. The van der Waals surface area contributed by atoms with Crippen molar-refractivity contribution in [3.8, 4) is 0 Å². The summed E-state index contributed by atoms with van der Waals surface area (Å²) in [4.78, 5) is 0.205. The molecule has 0 saturated heterocycles. The van der Waals surface area contributed by atoms with Gasteiger partial charge in [0.25, 0.3) is 0 Å². The van der Waals surface area contributed by atoms with Crippen LogP contribution in [0.3, 0.4) is 0 Å². The lowest BCUT2D eigenvalue weighted by molar-refractivity contribution is 0.585. The van der Waals surface area contributed by atoms with E-state index >= 15 is 0 Å². The monoisotopic (exact) mass is 274 g/mol. The molecule has 0 radical (unpaired) electrons. The highest BCUT2D eigenvalue weighted by molar-refractivity contribution is 7.89. The van der Waals surface area contributed by atoms with Crippen molar-refractivity contribution in [1.29, 1.82) is 0 Å². The van der Waals surface area contributed by atoms with E-state index in [9.17, 15) is 8.42 Å². The van der Waals surface area contributed by atoms with Crippen molar-refractivity contribution in [2.45, 2.75) is 11.3 Å². The Morgan fingerprint density at radius 1 is 1.35 bits per heavy atom. The summed E-state index contributed by atoms with van der Waals surface area (Å²) in [6.45, 7) is 3.98. The van der Waals surface area contributed by atoms with Gasteiger partial charge in [-0.2, -0.15) is 0 Å². The van der Waals surface area contributed by atoms with E-state index in [0.29, 0.717) is 6.54 Å². The third-order valence-electron chi connectivity index (χ3n) is 2.12. The summed E-state index contributed by atoms with van der Waals surface area (Å²) >= 11 is 5.50. The molecule has 0 amide bonds. The average Bonchev–Trinajstić information content (AvgIpc) is 2.28. The molecule has 0 unspecified atom stereocenters. The van der Waals surface area contributed by atoms with Gasteiger partial charge < -0.3 is 5.73 Å². The van der Waals surface area contributed by atoms with Crippen LogP contribution in [0.2, 0.25) is 0 Å². The molecule has 4 nitrogen and oxygen atoms in total. The van der Waals surface area contributed by atoms with Crippen LogP contribution in [0, 0.1) is 0 Å². The van der Waals surface area contributed by atoms with Crippen LogP contribution < -0.4 is 10.5 Å².